The first-order chi connectivity index (χ1) is 9.12. The van der Waals surface area contributed by atoms with E-state index in [1.165, 1.54) is 20.3 Å². The number of hydrogen-bond acceptors (Lipinski definition) is 5. The molecule has 0 fully saturated rings. The van der Waals surface area contributed by atoms with Crippen LogP contribution in [0.25, 0.3) is 6.08 Å². The van der Waals surface area contributed by atoms with E-state index in [-0.39, 0.29) is 13.2 Å². The highest BCUT2D eigenvalue weighted by Gasteiger charge is 2.13. The van der Waals surface area contributed by atoms with E-state index in [1.54, 1.807) is 12.1 Å². The minimum Gasteiger partial charge on any atom is -0.493 e. The van der Waals surface area contributed by atoms with Gasteiger partial charge in [0.05, 0.1) is 20.8 Å². The van der Waals surface area contributed by atoms with Crippen LogP contribution in [0.3, 0.4) is 0 Å². The summed E-state index contributed by atoms with van der Waals surface area (Å²) in [6, 6.07) is 3.24. The second kappa shape index (κ2) is 7.27. The molecule has 6 nitrogen and oxygen atoms in total. The van der Waals surface area contributed by atoms with Crippen molar-refractivity contribution in [3.8, 4) is 17.2 Å². The van der Waals surface area contributed by atoms with Gasteiger partial charge in [-0.05, 0) is 23.8 Å². The Kier molecular flexibility index (Phi) is 5.69. The number of rotatable bonds is 7. The van der Waals surface area contributed by atoms with Crippen molar-refractivity contribution in [3.05, 3.63) is 23.8 Å². The molecule has 0 saturated carbocycles. The number of aliphatic hydroxyl groups is 1. The molecule has 1 aromatic carbocycles. The first-order valence-electron chi connectivity index (χ1n) is 5.53. The molecule has 0 spiro atoms. The Labute approximate surface area is 110 Å². The molecule has 1 aromatic rings. The minimum atomic E-state index is -1.04. The van der Waals surface area contributed by atoms with Crippen molar-refractivity contribution in [1.82, 2.24) is 0 Å². The smallest absolute Gasteiger partial charge is 0.328 e. The first kappa shape index (κ1) is 14.8. The molecule has 0 bridgehead atoms. The fourth-order valence-electron chi connectivity index (χ4n) is 1.45. The van der Waals surface area contributed by atoms with Gasteiger partial charge in [-0.1, -0.05) is 0 Å². The van der Waals surface area contributed by atoms with Crippen molar-refractivity contribution < 1.29 is 29.2 Å². The van der Waals surface area contributed by atoms with E-state index in [0.29, 0.717) is 22.8 Å². The highest BCUT2D eigenvalue weighted by Crippen LogP contribution is 2.38. The van der Waals surface area contributed by atoms with Gasteiger partial charge in [0.1, 0.15) is 6.61 Å². The molecule has 0 unspecified atom stereocenters. The summed E-state index contributed by atoms with van der Waals surface area (Å²) in [6.07, 6.45) is 2.44. The molecule has 0 aliphatic heterocycles. The Balaban J connectivity index is 3.15. The van der Waals surface area contributed by atoms with E-state index < -0.39 is 5.97 Å². The van der Waals surface area contributed by atoms with Gasteiger partial charge >= 0.3 is 5.97 Å². The Bertz CT molecular complexity index is 441. The van der Waals surface area contributed by atoms with Crippen LogP contribution in [0.5, 0.6) is 17.2 Å². The van der Waals surface area contributed by atoms with Crippen molar-refractivity contribution in [2.24, 2.45) is 0 Å². The van der Waals surface area contributed by atoms with Gasteiger partial charge < -0.3 is 24.4 Å². The van der Waals surface area contributed by atoms with Crippen LogP contribution in [0.4, 0.5) is 0 Å². The molecular weight excluding hydrogens is 252 g/mol. The maximum Gasteiger partial charge on any atom is 0.328 e. The summed E-state index contributed by atoms with van der Waals surface area (Å²) in [4.78, 5) is 10.5. The lowest BCUT2D eigenvalue weighted by Gasteiger charge is -2.14. The molecule has 0 heterocycles. The molecule has 104 valence electrons. The molecule has 0 amide bonds. The van der Waals surface area contributed by atoms with Crippen molar-refractivity contribution in [2.45, 2.75) is 0 Å². The number of methoxy groups -OCH3 is 2. The van der Waals surface area contributed by atoms with Crippen LogP contribution < -0.4 is 14.2 Å². The summed E-state index contributed by atoms with van der Waals surface area (Å²) in [5, 5.41) is 17.4. The summed E-state index contributed by atoms with van der Waals surface area (Å²) in [7, 11) is 2.93. The average molecular weight is 268 g/mol. The maximum absolute atomic E-state index is 10.5. The highest BCUT2D eigenvalue weighted by molar-refractivity contribution is 5.85. The van der Waals surface area contributed by atoms with Crippen LogP contribution in [0, 0.1) is 0 Å². The number of carbonyl (C=O) groups is 1. The molecule has 2 N–H and O–H groups in total. The van der Waals surface area contributed by atoms with Gasteiger partial charge in [0.15, 0.2) is 11.5 Å². The normalized spacial score (nSPS) is 10.5. The van der Waals surface area contributed by atoms with Gasteiger partial charge in [-0.15, -0.1) is 0 Å². The van der Waals surface area contributed by atoms with E-state index in [1.807, 2.05) is 0 Å². The summed E-state index contributed by atoms with van der Waals surface area (Å²) < 4.78 is 15.7. The Morgan fingerprint density at radius 3 is 2.26 bits per heavy atom. The van der Waals surface area contributed by atoms with Gasteiger partial charge in [-0.3, -0.25) is 0 Å². The third-order valence-corrected chi connectivity index (χ3v) is 2.24. The molecule has 6 heteroatoms. The number of carboxylic acids is 1. The zero-order valence-corrected chi connectivity index (χ0v) is 10.8. The maximum atomic E-state index is 10.5. The number of aliphatic carboxylic acids is 1. The third-order valence-electron chi connectivity index (χ3n) is 2.24. The van der Waals surface area contributed by atoms with E-state index >= 15 is 0 Å². The molecule has 0 radical (unpaired) electrons. The van der Waals surface area contributed by atoms with E-state index in [9.17, 15) is 4.79 Å². The van der Waals surface area contributed by atoms with Crippen LogP contribution >= 0.6 is 0 Å². The molecule has 0 aliphatic rings. The van der Waals surface area contributed by atoms with E-state index in [2.05, 4.69) is 0 Å². The van der Waals surface area contributed by atoms with E-state index in [0.717, 1.165) is 6.08 Å². The molecule has 0 atom stereocenters. The van der Waals surface area contributed by atoms with Gasteiger partial charge in [0.25, 0.3) is 0 Å². The molecule has 0 aliphatic carbocycles. The number of ether oxygens (including phenoxy) is 3. The van der Waals surface area contributed by atoms with Crippen molar-refractivity contribution in [3.63, 3.8) is 0 Å². The standard InChI is InChI=1S/C13H16O6/c1-17-10-7-9(3-4-12(15)16)8-11(18-2)13(10)19-6-5-14/h3-4,7-8,14H,5-6H2,1-2H3,(H,15,16)/b4-3+. The molecule has 0 aromatic heterocycles. The quantitative estimate of drug-likeness (QED) is 0.722. The zero-order chi connectivity index (χ0) is 14.3. The van der Waals surface area contributed by atoms with Crippen LogP contribution in [0.15, 0.2) is 18.2 Å². The topological polar surface area (TPSA) is 85.2 Å². The average Bonchev–Trinajstić information content (AvgIpc) is 2.42. The third kappa shape index (κ3) is 4.18. The highest BCUT2D eigenvalue weighted by atomic mass is 16.5. The predicted octanol–water partition coefficient (Wildman–Crippen LogP) is 1.17. The fourth-order valence-corrected chi connectivity index (χ4v) is 1.45. The molecule has 1 rings (SSSR count). The van der Waals surface area contributed by atoms with E-state index in [4.69, 9.17) is 24.4 Å². The predicted molar refractivity (Wildman–Crippen MR) is 68.8 cm³/mol. The fraction of sp³-hybridized carbons (Fsp3) is 0.308. The monoisotopic (exact) mass is 268 g/mol. The SMILES string of the molecule is COc1cc(/C=C/C(=O)O)cc(OC)c1OCCO. The second-order valence-corrected chi connectivity index (χ2v) is 3.50. The number of carboxylic acid groups (broad SMARTS) is 1. The Morgan fingerprint density at radius 2 is 1.84 bits per heavy atom. The van der Waals surface area contributed by atoms with Gasteiger partial charge in [0.2, 0.25) is 5.75 Å². The van der Waals surface area contributed by atoms with Gasteiger partial charge in [-0.2, -0.15) is 0 Å². The zero-order valence-electron chi connectivity index (χ0n) is 10.8. The minimum absolute atomic E-state index is 0.108. The van der Waals surface area contributed by atoms with Crippen molar-refractivity contribution >= 4 is 12.0 Å². The van der Waals surface area contributed by atoms with Gasteiger partial charge in [0, 0.05) is 6.08 Å². The molecule has 0 saturated heterocycles. The lowest BCUT2D eigenvalue weighted by Crippen LogP contribution is -2.05. The van der Waals surface area contributed by atoms with Gasteiger partial charge in [-0.25, -0.2) is 4.79 Å². The van der Waals surface area contributed by atoms with Crippen molar-refractivity contribution in [1.29, 1.82) is 0 Å². The summed E-state index contributed by atoms with van der Waals surface area (Å²) in [5.74, 6) is 0.126. The molecule has 19 heavy (non-hydrogen) atoms. The summed E-state index contributed by atoms with van der Waals surface area (Å²) >= 11 is 0. The van der Waals surface area contributed by atoms with Crippen molar-refractivity contribution in [2.75, 3.05) is 27.4 Å². The van der Waals surface area contributed by atoms with Crippen LogP contribution in [-0.2, 0) is 4.79 Å². The largest absolute Gasteiger partial charge is 0.493 e. The summed E-state index contributed by atoms with van der Waals surface area (Å²) in [6.45, 7) is -0.0238. The number of hydrogen-bond donors (Lipinski definition) is 2. The first-order valence-corrected chi connectivity index (χ1v) is 5.53. The lowest BCUT2D eigenvalue weighted by molar-refractivity contribution is -0.131. The van der Waals surface area contributed by atoms with Crippen LogP contribution in [0.2, 0.25) is 0 Å². The van der Waals surface area contributed by atoms with Crippen LogP contribution in [0.1, 0.15) is 5.56 Å². The Hall–Kier alpha value is -2.21. The molecular formula is C13H16O6. The lowest BCUT2D eigenvalue weighted by atomic mass is 10.1. The number of benzene rings is 1. The van der Waals surface area contributed by atoms with Crippen LogP contribution in [-0.4, -0.2) is 43.6 Å². The second-order valence-electron chi connectivity index (χ2n) is 3.50. The Morgan fingerprint density at radius 1 is 1.26 bits per heavy atom. The summed E-state index contributed by atoms with van der Waals surface area (Å²) in [5.41, 5.74) is 0.604. The number of aliphatic hydroxyl groups excluding tert-OH is 1.